The molecular formula is C25H28N2O2S. The Bertz CT molecular complexity index is 975. The molecule has 0 aromatic heterocycles. The second-order valence-electron chi connectivity index (χ2n) is 7.05. The fraction of sp³-hybridized carbons (Fsp3) is 0.280. The van der Waals surface area contributed by atoms with Crippen LogP contribution in [0.1, 0.15) is 44.2 Å². The Hall–Kier alpha value is -2.79. The maximum atomic E-state index is 12.0. The van der Waals surface area contributed by atoms with Crippen LogP contribution in [0.2, 0.25) is 0 Å². The van der Waals surface area contributed by atoms with E-state index in [9.17, 15) is 4.79 Å². The Morgan fingerprint density at radius 3 is 2.67 bits per heavy atom. The van der Waals surface area contributed by atoms with Gasteiger partial charge in [0.15, 0.2) is 0 Å². The molecule has 0 unspecified atom stereocenters. The van der Waals surface area contributed by atoms with Crippen LogP contribution in [0.5, 0.6) is 5.75 Å². The Labute approximate surface area is 183 Å². The molecule has 1 aliphatic rings. The normalized spacial score (nSPS) is 13.6. The molecule has 0 fully saturated rings. The number of allylic oxidation sites excluding steroid dienone is 2. The lowest BCUT2D eigenvalue weighted by atomic mass is 10.0. The van der Waals surface area contributed by atoms with Crippen molar-refractivity contribution >= 4 is 23.4 Å². The van der Waals surface area contributed by atoms with Crippen LogP contribution in [-0.4, -0.2) is 25.3 Å². The maximum Gasteiger partial charge on any atom is 0.223 e. The summed E-state index contributed by atoms with van der Waals surface area (Å²) in [4.78, 5) is 19.1. The fourth-order valence-corrected chi connectivity index (χ4v) is 4.12. The van der Waals surface area contributed by atoms with Gasteiger partial charge in [0.05, 0.1) is 18.5 Å². The number of nitrogens with one attached hydrogen (secondary N) is 1. The lowest BCUT2D eigenvalue weighted by Gasteiger charge is -2.10. The van der Waals surface area contributed by atoms with Crippen LogP contribution in [0.25, 0.3) is 0 Å². The topological polar surface area (TPSA) is 50.7 Å². The highest BCUT2D eigenvalue weighted by atomic mass is 32.2. The number of rotatable bonds is 8. The second kappa shape index (κ2) is 10.8. The van der Waals surface area contributed by atoms with Gasteiger partial charge in [0.1, 0.15) is 5.75 Å². The summed E-state index contributed by atoms with van der Waals surface area (Å²) in [5.41, 5.74) is 4.03. The van der Waals surface area contributed by atoms with Crippen LogP contribution >= 0.6 is 11.8 Å². The molecular weight excluding hydrogens is 392 g/mol. The molecule has 0 saturated carbocycles. The molecule has 1 amide bonds. The summed E-state index contributed by atoms with van der Waals surface area (Å²) in [7, 11) is 1.67. The highest BCUT2D eigenvalue weighted by Crippen LogP contribution is 2.37. The van der Waals surface area contributed by atoms with Crippen LogP contribution in [0.4, 0.5) is 0 Å². The largest absolute Gasteiger partial charge is 0.497 e. The number of ether oxygens (including phenoxy) is 1. The van der Waals surface area contributed by atoms with E-state index in [2.05, 4.69) is 24.4 Å². The number of hydrogen-bond acceptors (Lipinski definition) is 4. The molecule has 0 saturated heterocycles. The lowest BCUT2D eigenvalue weighted by Crippen LogP contribution is -2.23. The molecule has 156 valence electrons. The van der Waals surface area contributed by atoms with Crippen molar-refractivity contribution in [2.45, 2.75) is 38.0 Å². The van der Waals surface area contributed by atoms with Gasteiger partial charge in [-0.25, -0.2) is 0 Å². The zero-order chi connectivity index (χ0) is 21.3. The number of amides is 1. The first-order valence-electron chi connectivity index (χ1n) is 10.3. The van der Waals surface area contributed by atoms with Crippen molar-refractivity contribution in [3.8, 4) is 5.75 Å². The van der Waals surface area contributed by atoms with E-state index in [1.165, 1.54) is 0 Å². The molecule has 2 aromatic rings. The first-order valence-corrected chi connectivity index (χ1v) is 11.1. The summed E-state index contributed by atoms with van der Waals surface area (Å²) in [6.07, 6.45) is 6.39. The molecule has 0 bridgehead atoms. The van der Waals surface area contributed by atoms with Crippen LogP contribution < -0.4 is 10.1 Å². The van der Waals surface area contributed by atoms with Gasteiger partial charge in [0.2, 0.25) is 5.91 Å². The number of hydrogen-bond donors (Lipinski definition) is 1. The molecule has 2 aromatic carbocycles. The number of nitrogens with zero attached hydrogens (tertiary/aromatic N) is 1. The molecule has 0 radical (unpaired) electrons. The number of methoxy groups -OCH3 is 1. The van der Waals surface area contributed by atoms with Gasteiger partial charge in [-0.05, 0) is 49.8 Å². The Kier molecular flexibility index (Phi) is 7.91. The van der Waals surface area contributed by atoms with Crippen molar-refractivity contribution in [3.05, 3.63) is 82.4 Å². The number of carbonyl (C=O) groups excluding carboxylic acids is 1. The zero-order valence-electron chi connectivity index (χ0n) is 17.8. The molecule has 1 aliphatic heterocycles. The third-order valence-electron chi connectivity index (χ3n) is 4.79. The minimum Gasteiger partial charge on any atom is -0.497 e. The monoisotopic (exact) mass is 420 g/mol. The minimum atomic E-state index is 0.0550. The summed E-state index contributed by atoms with van der Waals surface area (Å²) in [5, 5.41) is 2.95. The van der Waals surface area contributed by atoms with E-state index < -0.39 is 0 Å². The lowest BCUT2D eigenvalue weighted by molar-refractivity contribution is -0.120. The summed E-state index contributed by atoms with van der Waals surface area (Å²) in [5.74, 6) is 0.878. The van der Waals surface area contributed by atoms with Crippen molar-refractivity contribution in [2.24, 2.45) is 4.99 Å². The summed E-state index contributed by atoms with van der Waals surface area (Å²) in [6.45, 7) is 4.87. The highest BCUT2D eigenvalue weighted by Gasteiger charge is 2.18. The molecule has 4 nitrogen and oxygen atoms in total. The van der Waals surface area contributed by atoms with Gasteiger partial charge in [-0.3, -0.25) is 9.79 Å². The summed E-state index contributed by atoms with van der Waals surface area (Å²) >= 11 is 1.69. The van der Waals surface area contributed by atoms with E-state index in [-0.39, 0.29) is 5.91 Å². The van der Waals surface area contributed by atoms with Crippen LogP contribution in [0, 0.1) is 0 Å². The molecule has 3 rings (SSSR count). The van der Waals surface area contributed by atoms with Crippen molar-refractivity contribution in [2.75, 3.05) is 13.7 Å². The Balaban J connectivity index is 1.86. The quantitative estimate of drug-likeness (QED) is 0.555. The van der Waals surface area contributed by atoms with Crippen molar-refractivity contribution in [1.29, 1.82) is 0 Å². The first kappa shape index (κ1) is 21.9. The van der Waals surface area contributed by atoms with Gasteiger partial charge in [0, 0.05) is 33.9 Å². The second-order valence-corrected chi connectivity index (χ2v) is 8.13. The molecule has 5 heteroatoms. The van der Waals surface area contributed by atoms with Gasteiger partial charge in [-0.1, -0.05) is 49.4 Å². The van der Waals surface area contributed by atoms with E-state index in [1.807, 2.05) is 55.5 Å². The molecule has 1 heterocycles. The zero-order valence-corrected chi connectivity index (χ0v) is 18.6. The van der Waals surface area contributed by atoms with Gasteiger partial charge >= 0.3 is 0 Å². The van der Waals surface area contributed by atoms with E-state index in [4.69, 9.17) is 9.73 Å². The first-order chi connectivity index (χ1) is 14.6. The van der Waals surface area contributed by atoms with Crippen molar-refractivity contribution in [3.63, 3.8) is 0 Å². The third kappa shape index (κ3) is 5.63. The van der Waals surface area contributed by atoms with E-state index in [0.29, 0.717) is 6.42 Å². The van der Waals surface area contributed by atoms with E-state index in [1.54, 1.807) is 18.9 Å². The number of unbranched alkanes of at least 4 members (excludes halogenated alkanes) is 1. The molecule has 0 atom stereocenters. The number of fused-ring (bicyclic) bond motifs is 1. The van der Waals surface area contributed by atoms with Crippen molar-refractivity contribution in [1.82, 2.24) is 5.32 Å². The van der Waals surface area contributed by atoms with E-state index in [0.717, 1.165) is 57.5 Å². The average Bonchev–Trinajstić information content (AvgIpc) is 2.91. The Morgan fingerprint density at radius 2 is 1.93 bits per heavy atom. The van der Waals surface area contributed by atoms with Crippen LogP contribution in [0.3, 0.4) is 0 Å². The maximum absolute atomic E-state index is 12.0. The predicted octanol–water partition coefficient (Wildman–Crippen LogP) is 5.73. The molecule has 30 heavy (non-hydrogen) atoms. The van der Waals surface area contributed by atoms with Crippen LogP contribution in [0.15, 0.2) is 81.2 Å². The molecule has 0 aliphatic carbocycles. The van der Waals surface area contributed by atoms with E-state index >= 15 is 0 Å². The van der Waals surface area contributed by atoms with Gasteiger partial charge in [-0.15, -0.1) is 0 Å². The predicted molar refractivity (Wildman–Crippen MR) is 125 cm³/mol. The number of benzene rings is 2. The molecule has 0 spiro atoms. The summed E-state index contributed by atoms with van der Waals surface area (Å²) < 4.78 is 5.29. The van der Waals surface area contributed by atoms with Gasteiger partial charge in [0.25, 0.3) is 0 Å². The highest BCUT2D eigenvalue weighted by molar-refractivity contribution is 8.03. The number of aliphatic imine (C=N–C) groups is 1. The molecule has 1 N–H and O–H groups in total. The fourth-order valence-electron chi connectivity index (χ4n) is 3.10. The minimum absolute atomic E-state index is 0.0550. The Morgan fingerprint density at radius 1 is 1.17 bits per heavy atom. The number of thioether (sulfide) groups is 1. The van der Waals surface area contributed by atoms with Gasteiger partial charge < -0.3 is 10.1 Å². The summed E-state index contributed by atoms with van der Waals surface area (Å²) in [6, 6.07) is 16.3. The number of carbonyl (C=O) groups is 1. The standard InChI is InChI=1S/C25H28N2O2S/c1-4-5-17-26-24(28)12-8-11-22-18(2)27-25(19-13-15-20(29-3)16-14-19)21-9-6-7-10-23(21)30-22/h6-11,13-16H,4-5,12,17H2,1-3H3,(H,26,28)/b11-8-. The van der Waals surface area contributed by atoms with Crippen molar-refractivity contribution < 1.29 is 9.53 Å². The SMILES string of the molecule is CCCCNC(=O)C/C=C\C1=C(C)N=C(c2ccc(OC)cc2)c2ccccc2S1. The smallest absolute Gasteiger partial charge is 0.223 e. The van der Waals surface area contributed by atoms with Crippen LogP contribution in [-0.2, 0) is 4.79 Å². The van der Waals surface area contributed by atoms with Gasteiger partial charge in [-0.2, -0.15) is 0 Å². The average molecular weight is 421 g/mol. The third-order valence-corrected chi connectivity index (χ3v) is 6.01.